The lowest BCUT2D eigenvalue weighted by Crippen LogP contribution is -2.53. The zero-order chi connectivity index (χ0) is 19.6. The van der Waals surface area contributed by atoms with Gasteiger partial charge in [-0.25, -0.2) is 0 Å². The Balaban J connectivity index is 1.19. The average Bonchev–Trinajstić information content (AvgIpc) is 2.66. The topological polar surface area (TPSA) is 67.4 Å². The highest BCUT2D eigenvalue weighted by Crippen LogP contribution is 2.60. The van der Waals surface area contributed by atoms with E-state index in [1.54, 1.807) is 7.11 Å². The Kier molecular flexibility index (Phi) is 5.72. The number of rotatable bonds is 8. The molecule has 4 fully saturated rings. The predicted molar refractivity (Wildman–Crippen MR) is 107 cm³/mol. The van der Waals surface area contributed by atoms with E-state index in [0.717, 1.165) is 48.1 Å². The molecule has 0 spiro atoms. The van der Waals surface area contributed by atoms with Crippen molar-refractivity contribution in [1.82, 2.24) is 10.6 Å². The van der Waals surface area contributed by atoms with Crippen LogP contribution in [0.4, 0.5) is 0 Å². The zero-order valence-corrected chi connectivity index (χ0v) is 16.8. The molecule has 1 aromatic rings. The summed E-state index contributed by atoms with van der Waals surface area (Å²) < 4.78 is 5.10. The van der Waals surface area contributed by atoms with Crippen LogP contribution >= 0.6 is 0 Å². The van der Waals surface area contributed by atoms with E-state index in [1.165, 1.54) is 19.3 Å². The molecule has 28 heavy (non-hydrogen) atoms. The fourth-order valence-electron chi connectivity index (χ4n) is 6.07. The van der Waals surface area contributed by atoms with E-state index in [9.17, 15) is 9.59 Å². The monoisotopic (exact) mass is 384 g/mol. The first-order valence-corrected chi connectivity index (χ1v) is 10.7. The van der Waals surface area contributed by atoms with Crippen LogP contribution in [0.25, 0.3) is 0 Å². The summed E-state index contributed by atoms with van der Waals surface area (Å²) >= 11 is 0. The number of nitrogens with one attached hydrogen (secondary N) is 2. The third kappa shape index (κ3) is 4.24. The molecule has 0 radical (unpaired) electrons. The number of methoxy groups -OCH3 is 1. The summed E-state index contributed by atoms with van der Waals surface area (Å²) in [6.45, 7) is 1.53. The zero-order valence-electron chi connectivity index (χ0n) is 16.8. The lowest BCUT2D eigenvalue weighted by molar-refractivity contribution is -0.146. The smallest absolute Gasteiger partial charge is 0.226 e. The van der Waals surface area contributed by atoms with E-state index in [2.05, 4.69) is 10.6 Å². The van der Waals surface area contributed by atoms with Gasteiger partial charge in [-0.2, -0.15) is 0 Å². The first-order chi connectivity index (χ1) is 13.6. The SMILES string of the molecule is COCc1ccc(CNC(=O)CCNC(=O)C23CC4CC(CC(C4)C2)C3)cc1. The van der Waals surface area contributed by atoms with E-state index in [-0.39, 0.29) is 17.2 Å². The first kappa shape index (κ1) is 19.4. The van der Waals surface area contributed by atoms with Crippen molar-refractivity contribution in [3.8, 4) is 0 Å². The molecule has 1 aromatic carbocycles. The minimum Gasteiger partial charge on any atom is -0.380 e. The van der Waals surface area contributed by atoms with Gasteiger partial charge in [0.25, 0.3) is 0 Å². The lowest BCUT2D eigenvalue weighted by atomic mass is 9.49. The van der Waals surface area contributed by atoms with Gasteiger partial charge in [0.1, 0.15) is 0 Å². The van der Waals surface area contributed by atoms with Gasteiger partial charge in [-0.1, -0.05) is 24.3 Å². The fourth-order valence-corrected chi connectivity index (χ4v) is 6.07. The van der Waals surface area contributed by atoms with Crippen molar-refractivity contribution >= 4 is 11.8 Å². The first-order valence-electron chi connectivity index (χ1n) is 10.7. The fraction of sp³-hybridized carbons (Fsp3) is 0.652. The van der Waals surface area contributed by atoms with E-state index in [4.69, 9.17) is 4.74 Å². The van der Waals surface area contributed by atoms with Crippen LogP contribution < -0.4 is 10.6 Å². The predicted octanol–water partition coefficient (Wildman–Crippen LogP) is 3.17. The van der Waals surface area contributed by atoms with E-state index in [1.807, 2.05) is 24.3 Å². The van der Waals surface area contributed by atoms with E-state index in [0.29, 0.717) is 26.1 Å². The second-order valence-corrected chi connectivity index (χ2v) is 9.23. The number of carbonyl (C=O) groups is 2. The number of carbonyl (C=O) groups excluding carboxylic acids is 2. The third-order valence-corrected chi connectivity index (χ3v) is 6.98. The maximum atomic E-state index is 12.9. The van der Waals surface area contributed by atoms with Crippen LogP contribution in [-0.4, -0.2) is 25.5 Å². The van der Waals surface area contributed by atoms with Crippen molar-refractivity contribution in [2.75, 3.05) is 13.7 Å². The quantitative estimate of drug-likeness (QED) is 0.723. The van der Waals surface area contributed by atoms with Gasteiger partial charge in [0.15, 0.2) is 0 Å². The van der Waals surface area contributed by atoms with Gasteiger partial charge in [-0.15, -0.1) is 0 Å². The van der Waals surface area contributed by atoms with Crippen molar-refractivity contribution in [3.05, 3.63) is 35.4 Å². The Morgan fingerprint density at radius 3 is 2.11 bits per heavy atom. The van der Waals surface area contributed by atoms with Crippen LogP contribution in [0.1, 0.15) is 56.1 Å². The summed E-state index contributed by atoms with van der Waals surface area (Å²) in [5.74, 6) is 2.46. The molecular weight excluding hydrogens is 352 g/mol. The highest BCUT2D eigenvalue weighted by Gasteiger charge is 2.54. The minimum absolute atomic E-state index is 0.0215. The van der Waals surface area contributed by atoms with Crippen molar-refractivity contribution in [1.29, 1.82) is 0 Å². The molecule has 5 heteroatoms. The number of benzene rings is 1. The van der Waals surface area contributed by atoms with E-state index >= 15 is 0 Å². The summed E-state index contributed by atoms with van der Waals surface area (Å²) in [7, 11) is 1.68. The maximum absolute atomic E-state index is 12.9. The average molecular weight is 385 g/mol. The molecule has 2 amide bonds. The Morgan fingerprint density at radius 1 is 0.964 bits per heavy atom. The molecule has 0 aromatic heterocycles. The van der Waals surface area contributed by atoms with Crippen molar-refractivity contribution in [2.24, 2.45) is 23.2 Å². The number of hydrogen-bond donors (Lipinski definition) is 2. The molecule has 4 saturated carbocycles. The maximum Gasteiger partial charge on any atom is 0.226 e. The number of hydrogen-bond acceptors (Lipinski definition) is 3. The molecule has 152 valence electrons. The van der Waals surface area contributed by atoms with Gasteiger partial charge in [-0.05, 0) is 67.4 Å². The van der Waals surface area contributed by atoms with Gasteiger partial charge in [0, 0.05) is 32.0 Å². The molecule has 4 aliphatic carbocycles. The van der Waals surface area contributed by atoms with E-state index < -0.39 is 0 Å². The molecule has 0 aliphatic heterocycles. The normalized spacial score (nSPS) is 30.2. The molecule has 4 bridgehead atoms. The van der Waals surface area contributed by atoms with Gasteiger partial charge in [-0.3, -0.25) is 9.59 Å². The Bertz CT molecular complexity index is 678. The molecule has 0 heterocycles. The minimum atomic E-state index is -0.130. The summed E-state index contributed by atoms with van der Waals surface area (Å²) in [5.41, 5.74) is 2.05. The summed E-state index contributed by atoms with van der Waals surface area (Å²) in [4.78, 5) is 25.0. The van der Waals surface area contributed by atoms with Crippen LogP contribution in [0, 0.1) is 23.2 Å². The van der Waals surface area contributed by atoms with Crippen LogP contribution in [0.3, 0.4) is 0 Å². The summed E-state index contributed by atoms with van der Waals surface area (Å²) in [5, 5.41) is 6.01. The van der Waals surface area contributed by atoms with Crippen molar-refractivity contribution in [3.63, 3.8) is 0 Å². The van der Waals surface area contributed by atoms with Crippen LogP contribution in [0.5, 0.6) is 0 Å². The van der Waals surface area contributed by atoms with Crippen molar-refractivity contribution in [2.45, 2.75) is 58.1 Å². The lowest BCUT2D eigenvalue weighted by Gasteiger charge is -2.55. The van der Waals surface area contributed by atoms with Gasteiger partial charge in [0.05, 0.1) is 6.61 Å². The Morgan fingerprint density at radius 2 is 1.54 bits per heavy atom. The molecule has 0 atom stereocenters. The Labute approximate surface area is 167 Å². The second kappa shape index (κ2) is 8.24. The molecule has 0 saturated heterocycles. The van der Waals surface area contributed by atoms with Crippen LogP contribution in [0.2, 0.25) is 0 Å². The van der Waals surface area contributed by atoms with Gasteiger partial charge in [0.2, 0.25) is 11.8 Å². The number of amides is 2. The molecule has 0 unspecified atom stereocenters. The molecule has 4 aliphatic rings. The van der Waals surface area contributed by atoms with Gasteiger partial charge < -0.3 is 15.4 Å². The summed E-state index contributed by atoms with van der Waals surface area (Å²) in [6, 6.07) is 8.03. The van der Waals surface area contributed by atoms with Gasteiger partial charge >= 0.3 is 0 Å². The van der Waals surface area contributed by atoms with Crippen LogP contribution in [0.15, 0.2) is 24.3 Å². The standard InChI is InChI=1S/C23H32N2O3/c1-28-15-17-4-2-16(3-5-17)14-25-21(26)6-7-24-22(27)23-11-18-8-19(12-23)10-20(9-18)13-23/h2-5,18-20H,6-15H2,1H3,(H,24,27)(H,25,26). The Hall–Kier alpha value is -1.88. The highest BCUT2D eigenvalue weighted by atomic mass is 16.5. The highest BCUT2D eigenvalue weighted by molar-refractivity contribution is 5.84. The summed E-state index contributed by atoms with van der Waals surface area (Å²) in [6.07, 6.45) is 7.53. The largest absolute Gasteiger partial charge is 0.380 e. The molecular formula is C23H32N2O3. The molecule has 2 N–H and O–H groups in total. The molecule has 5 nitrogen and oxygen atoms in total. The van der Waals surface area contributed by atoms with Crippen LogP contribution in [-0.2, 0) is 27.5 Å². The number of ether oxygens (including phenoxy) is 1. The second-order valence-electron chi connectivity index (χ2n) is 9.23. The third-order valence-electron chi connectivity index (χ3n) is 6.98. The van der Waals surface area contributed by atoms with Crippen molar-refractivity contribution < 1.29 is 14.3 Å². The molecule has 5 rings (SSSR count).